The zero-order valence-electron chi connectivity index (χ0n) is 43.2. The van der Waals surface area contributed by atoms with Crippen molar-refractivity contribution < 1.29 is 16.8 Å². The third kappa shape index (κ3) is 5.33. The molecule has 0 aliphatic heterocycles. The summed E-state index contributed by atoms with van der Waals surface area (Å²) >= 11 is 0. The summed E-state index contributed by atoms with van der Waals surface area (Å²) in [7, 11) is -3.13. The number of fused-ring (bicyclic) bond motifs is 10. The van der Waals surface area contributed by atoms with Gasteiger partial charge in [0.2, 0.25) is 0 Å². The van der Waals surface area contributed by atoms with E-state index < -0.39 is 38.3 Å². The third-order valence-electron chi connectivity index (χ3n) is 12.8. The number of aromatic nitrogens is 2. The molecule has 0 fully saturated rings. The lowest BCUT2D eigenvalue weighted by molar-refractivity contribution is 0.669. The fraction of sp³-hybridized carbons (Fsp3) is 0. The van der Waals surface area contributed by atoms with Gasteiger partial charge in [-0.1, -0.05) is 200 Å². The van der Waals surface area contributed by atoms with Crippen LogP contribution >= 0.6 is 0 Å². The summed E-state index contributed by atoms with van der Waals surface area (Å²) in [5, 5.41) is 7.02. The minimum absolute atomic E-state index is 0.0131. The standard InChI is InChI=1S/C60H40N2OSi/c1-4-18-41(19-5-1)42-32-36-46(37-33-42)64(44-20-6-2-7-21-44,45-22-8-3-9-23-45)47-38-34-43(35-39-47)61-54-30-16-12-26-50(54)58-55(40-57-59(60(58)61)51-27-13-17-31-56(51)63-57)62-52-28-14-10-24-48(52)49-25-11-15-29-53(49)62/h1-40H/i12D,13D,16D,17D,26D,27D,30D,31D,40D. The molecule has 64 heavy (non-hydrogen) atoms. The quantitative estimate of drug-likeness (QED) is 0.116. The molecule has 0 saturated carbocycles. The Labute approximate surface area is 384 Å². The van der Waals surface area contributed by atoms with Crippen LogP contribution in [0.5, 0.6) is 0 Å². The van der Waals surface area contributed by atoms with E-state index >= 15 is 0 Å². The van der Waals surface area contributed by atoms with E-state index in [0.717, 1.165) is 53.7 Å². The van der Waals surface area contributed by atoms with E-state index in [1.807, 2.05) is 95.6 Å². The largest absolute Gasteiger partial charge is 0.456 e. The van der Waals surface area contributed by atoms with Gasteiger partial charge in [-0.25, -0.2) is 0 Å². The van der Waals surface area contributed by atoms with Crippen molar-refractivity contribution in [3.05, 3.63) is 242 Å². The minimum Gasteiger partial charge on any atom is -0.456 e. The maximum absolute atomic E-state index is 10.2. The molecule has 0 radical (unpaired) electrons. The maximum Gasteiger partial charge on any atom is 0.179 e. The van der Waals surface area contributed by atoms with Crippen LogP contribution < -0.4 is 20.7 Å². The molecule has 0 N–H and O–H groups in total. The molecule has 0 amide bonds. The second-order valence-electron chi connectivity index (χ2n) is 16.1. The molecular formula is C60H40N2OSi. The number of nitrogens with zero attached hydrogens (tertiary/aromatic N) is 2. The Morgan fingerprint density at radius 2 is 0.875 bits per heavy atom. The third-order valence-corrected chi connectivity index (χ3v) is 17.6. The fourth-order valence-corrected chi connectivity index (χ4v) is 14.9. The highest BCUT2D eigenvalue weighted by molar-refractivity contribution is 7.19. The van der Waals surface area contributed by atoms with Crippen LogP contribution in [0.4, 0.5) is 0 Å². The number of furan rings is 1. The summed E-state index contributed by atoms with van der Waals surface area (Å²) in [6.07, 6.45) is 0. The second kappa shape index (κ2) is 14.5. The molecular weight excluding hydrogens is 793 g/mol. The van der Waals surface area contributed by atoms with Crippen molar-refractivity contribution in [1.29, 1.82) is 0 Å². The van der Waals surface area contributed by atoms with Crippen LogP contribution in [0.2, 0.25) is 0 Å². The average molecular weight is 842 g/mol. The van der Waals surface area contributed by atoms with Gasteiger partial charge in [0.1, 0.15) is 11.2 Å². The van der Waals surface area contributed by atoms with Crippen molar-refractivity contribution in [3.63, 3.8) is 0 Å². The number of hydrogen-bond donors (Lipinski definition) is 0. The lowest BCUT2D eigenvalue weighted by atomic mass is 10.1. The Morgan fingerprint density at radius 3 is 1.52 bits per heavy atom. The highest BCUT2D eigenvalue weighted by atomic mass is 28.3. The Kier molecular flexibility index (Phi) is 6.42. The highest BCUT2D eigenvalue weighted by Gasteiger charge is 2.41. The Hall–Kier alpha value is -8.18. The van der Waals surface area contributed by atoms with Crippen molar-refractivity contribution in [1.82, 2.24) is 9.13 Å². The molecule has 0 atom stereocenters. The van der Waals surface area contributed by atoms with E-state index in [2.05, 4.69) is 97.1 Å². The van der Waals surface area contributed by atoms with Crippen LogP contribution in [0.25, 0.3) is 88.1 Å². The zero-order valence-corrected chi connectivity index (χ0v) is 35.2. The van der Waals surface area contributed by atoms with Gasteiger partial charge in [-0.15, -0.1) is 0 Å². The fourth-order valence-electron chi connectivity index (χ4n) is 10.1. The highest BCUT2D eigenvalue weighted by Crippen LogP contribution is 2.45. The summed E-state index contributed by atoms with van der Waals surface area (Å²) in [5.74, 6) is 0. The Balaban J connectivity index is 1.19. The summed E-state index contributed by atoms with van der Waals surface area (Å²) in [6.45, 7) is 0. The SMILES string of the molecule is [2H]c1c([2H])c([2H])c2c(oc3c([2H])c(-n4c5ccccc5c5ccccc54)c4c5c([2H])c([2H])c([2H])c([2H])c5n(-c5ccc([Si](c6ccccc6)(c6ccccc6)c6ccc(-c7ccccc7)cc6)cc5)c4c32)c1[2H]. The number of rotatable bonds is 7. The summed E-state index contributed by atoms with van der Waals surface area (Å²) in [6, 6.07) is 60.6. The molecule has 13 rings (SSSR count). The van der Waals surface area contributed by atoms with E-state index in [4.69, 9.17) is 11.3 Å². The van der Waals surface area contributed by atoms with Crippen molar-refractivity contribution >= 4 is 94.4 Å². The van der Waals surface area contributed by atoms with E-state index in [-0.39, 0.29) is 62.7 Å². The van der Waals surface area contributed by atoms with Crippen molar-refractivity contribution in [2.75, 3.05) is 0 Å². The number of para-hydroxylation sites is 4. The lowest BCUT2D eigenvalue weighted by Crippen LogP contribution is -2.74. The van der Waals surface area contributed by atoms with Gasteiger partial charge in [-0.2, -0.15) is 0 Å². The molecule has 300 valence electrons. The molecule has 0 aliphatic rings. The molecule has 3 nitrogen and oxygen atoms in total. The first-order chi connectivity index (χ1) is 35.5. The van der Waals surface area contributed by atoms with Gasteiger partial charge < -0.3 is 13.6 Å². The molecule has 10 aromatic carbocycles. The van der Waals surface area contributed by atoms with Gasteiger partial charge in [0.25, 0.3) is 0 Å². The van der Waals surface area contributed by atoms with Gasteiger partial charge in [0, 0.05) is 38.7 Å². The van der Waals surface area contributed by atoms with Gasteiger partial charge in [0.05, 0.1) is 45.5 Å². The predicted octanol–water partition coefficient (Wildman–Crippen LogP) is 12.8. The summed E-state index contributed by atoms with van der Waals surface area (Å²) in [5.41, 5.74) is 4.80. The monoisotopic (exact) mass is 841 g/mol. The van der Waals surface area contributed by atoms with E-state index in [0.29, 0.717) is 16.6 Å². The molecule has 0 unspecified atom stereocenters. The summed E-state index contributed by atoms with van der Waals surface area (Å²) in [4.78, 5) is 0. The van der Waals surface area contributed by atoms with Crippen molar-refractivity contribution in [3.8, 4) is 22.5 Å². The van der Waals surface area contributed by atoms with Gasteiger partial charge in [-0.05, 0) is 68.2 Å². The normalized spacial score (nSPS) is 14.0. The zero-order chi connectivity index (χ0) is 50.0. The molecule has 13 aromatic rings. The molecule has 4 heteroatoms. The minimum atomic E-state index is -3.13. The lowest BCUT2D eigenvalue weighted by Gasteiger charge is -2.34. The summed E-state index contributed by atoms with van der Waals surface area (Å²) < 4.78 is 94.2. The van der Waals surface area contributed by atoms with Gasteiger partial charge in [0.15, 0.2) is 8.07 Å². The molecule has 3 heterocycles. The van der Waals surface area contributed by atoms with Crippen molar-refractivity contribution in [2.24, 2.45) is 0 Å². The molecule has 0 bridgehead atoms. The Morgan fingerprint density at radius 1 is 0.375 bits per heavy atom. The van der Waals surface area contributed by atoms with Crippen molar-refractivity contribution in [2.45, 2.75) is 0 Å². The van der Waals surface area contributed by atoms with E-state index in [1.165, 1.54) is 0 Å². The van der Waals surface area contributed by atoms with Crippen LogP contribution in [0.15, 0.2) is 247 Å². The maximum atomic E-state index is 10.2. The molecule has 0 aliphatic carbocycles. The molecule has 0 spiro atoms. The number of hydrogen-bond acceptors (Lipinski definition) is 1. The van der Waals surface area contributed by atoms with Crippen LogP contribution in [0.1, 0.15) is 12.3 Å². The molecule has 3 aromatic heterocycles. The van der Waals surface area contributed by atoms with Gasteiger partial charge >= 0.3 is 0 Å². The molecule has 0 saturated heterocycles. The smallest absolute Gasteiger partial charge is 0.179 e. The van der Waals surface area contributed by atoms with Crippen LogP contribution in [-0.4, -0.2) is 17.2 Å². The average Bonchev–Trinajstić information content (AvgIpc) is 4.12. The predicted molar refractivity (Wildman–Crippen MR) is 271 cm³/mol. The van der Waals surface area contributed by atoms with Gasteiger partial charge in [-0.3, -0.25) is 0 Å². The second-order valence-corrected chi connectivity index (χ2v) is 19.9. The first-order valence-electron chi connectivity index (χ1n) is 25.8. The number of benzene rings is 10. The topological polar surface area (TPSA) is 23.0 Å². The first-order valence-corrected chi connectivity index (χ1v) is 23.3. The Bertz CT molecular complexity index is 4310. The van der Waals surface area contributed by atoms with Crippen LogP contribution in [-0.2, 0) is 0 Å². The first kappa shape index (κ1) is 28.4. The van der Waals surface area contributed by atoms with Crippen LogP contribution in [0, 0.1) is 0 Å². The van der Waals surface area contributed by atoms with E-state index in [9.17, 15) is 5.48 Å². The van der Waals surface area contributed by atoms with E-state index in [1.54, 1.807) is 4.57 Å². The van der Waals surface area contributed by atoms with Crippen LogP contribution in [0.3, 0.4) is 0 Å².